The summed E-state index contributed by atoms with van der Waals surface area (Å²) in [5.74, 6) is 0. The first-order chi connectivity index (χ1) is 9.10. The molecule has 19 heavy (non-hydrogen) atoms. The Labute approximate surface area is 117 Å². The number of nitrogens with zero attached hydrogens (tertiary/aromatic N) is 2. The molecule has 104 valence electrons. The van der Waals surface area contributed by atoms with Crippen molar-refractivity contribution in [1.29, 1.82) is 0 Å². The van der Waals surface area contributed by atoms with Crippen LogP contribution in [0.2, 0.25) is 5.02 Å². The van der Waals surface area contributed by atoms with Gasteiger partial charge in [-0.15, -0.1) is 0 Å². The molecule has 1 saturated heterocycles. The van der Waals surface area contributed by atoms with E-state index in [0.717, 1.165) is 31.5 Å². The summed E-state index contributed by atoms with van der Waals surface area (Å²) in [4.78, 5) is 12.9. The van der Waals surface area contributed by atoms with Crippen LogP contribution in [-0.4, -0.2) is 36.0 Å². The summed E-state index contributed by atoms with van der Waals surface area (Å²) in [6.07, 6.45) is 2.28. The number of nitro groups is 1. The van der Waals surface area contributed by atoms with Gasteiger partial charge in [0, 0.05) is 35.8 Å². The number of hydrogen-bond donors (Lipinski definition) is 1. The van der Waals surface area contributed by atoms with Gasteiger partial charge in [-0.25, -0.2) is 0 Å². The van der Waals surface area contributed by atoms with Gasteiger partial charge in [0.1, 0.15) is 0 Å². The van der Waals surface area contributed by atoms with Crippen LogP contribution in [0.15, 0.2) is 18.2 Å². The minimum atomic E-state index is -0.360. The number of likely N-dealkylation sites (N-methyl/N-ethyl adjacent to an activating group) is 1. The van der Waals surface area contributed by atoms with E-state index < -0.39 is 0 Å². The Morgan fingerprint density at radius 3 is 3.05 bits per heavy atom. The van der Waals surface area contributed by atoms with E-state index in [1.165, 1.54) is 6.07 Å². The lowest BCUT2D eigenvalue weighted by Gasteiger charge is -2.32. The van der Waals surface area contributed by atoms with Gasteiger partial charge in [-0.2, -0.15) is 0 Å². The smallest absolute Gasteiger partial charge is 0.275 e. The maximum Gasteiger partial charge on any atom is 0.275 e. The van der Waals surface area contributed by atoms with Crippen molar-refractivity contribution in [3.63, 3.8) is 0 Å². The highest BCUT2D eigenvalue weighted by Crippen LogP contribution is 2.25. The van der Waals surface area contributed by atoms with Gasteiger partial charge in [-0.05, 0) is 38.6 Å². The SMILES string of the molecule is CNC1CCCN(Cc2ccc(Cl)cc2[N+](=O)[O-])C1. The second kappa shape index (κ2) is 6.32. The maximum absolute atomic E-state index is 11.1. The Morgan fingerprint density at radius 1 is 1.58 bits per heavy atom. The quantitative estimate of drug-likeness (QED) is 0.681. The zero-order valence-electron chi connectivity index (χ0n) is 10.9. The number of benzene rings is 1. The van der Waals surface area contributed by atoms with Gasteiger partial charge >= 0.3 is 0 Å². The van der Waals surface area contributed by atoms with Gasteiger partial charge in [0.05, 0.1) is 4.92 Å². The molecule has 0 aromatic heterocycles. The number of halogens is 1. The first kappa shape index (κ1) is 14.2. The zero-order chi connectivity index (χ0) is 13.8. The fraction of sp³-hybridized carbons (Fsp3) is 0.538. The first-order valence-corrected chi connectivity index (χ1v) is 6.80. The van der Waals surface area contributed by atoms with Crippen LogP contribution in [0.3, 0.4) is 0 Å². The van der Waals surface area contributed by atoms with Gasteiger partial charge < -0.3 is 5.32 Å². The molecule has 1 unspecified atom stereocenters. The Morgan fingerprint density at radius 2 is 2.37 bits per heavy atom. The van der Waals surface area contributed by atoms with Gasteiger partial charge in [0.15, 0.2) is 0 Å². The summed E-state index contributed by atoms with van der Waals surface area (Å²) in [6, 6.07) is 5.36. The van der Waals surface area contributed by atoms with E-state index in [9.17, 15) is 10.1 Å². The monoisotopic (exact) mass is 283 g/mol. The molecule has 2 rings (SSSR count). The van der Waals surface area contributed by atoms with E-state index in [4.69, 9.17) is 11.6 Å². The molecule has 0 spiro atoms. The molecule has 1 aliphatic heterocycles. The van der Waals surface area contributed by atoms with E-state index in [1.54, 1.807) is 12.1 Å². The lowest BCUT2D eigenvalue weighted by Crippen LogP contribution is -2.43. The number of nitrogens with one attached hydrogen (secondary N) is 1. The predicted molar refractivity (Wildman–Crippen MR) is 75.5 cm³/mol. The van der Waals surface area contributed by atoms with Crippen molar-refractivity contribution < 1.29 is 4.92 Å². The van der Waals surface area contributed by atoms with E-state index in [-0.39, 0.29) is 10.6 Å². The molecule has 1 heterocycles. The van der Waals surface area contributed by atoms with Crippen LogP contribution in [-0.2, 0) is 6.54 Å². The average Bonchev–Trinajstić information content (AvgIpc) is 2.41. The molecular formula is C13H18ClN3O2. The molecule has 0 saturated carbocycles. The number of nitro benzene ring substituents is 1. The van der Waals surface area contributed by atoms with Crippen molar-refractivity contribution in [2.24, 2.45) is 0 Å². The molecule has 1 N–H and O–H groups in total. The van der Waals surface area contributed by atoms with Crippen molar-refractivity contribution in [2.75, 3.05) is 20.1 Å². The third kappa shape index (κ3) is 3.65. The number of hydrogen-bond acceptors (Lipinski definition) is 4. The molecule has 6 heteroatoms. The Bertz CT molecular complexity index is 467. The standard InChI is InChI=1S/C13H18ClN3O2/c1-15-12-3-2-6-16(9-12)8-10-4-5-11(14)7-13(10)17(18)19/h4-5,7,12,15H,2-3,6,8-9H2,1H3. The molecular weight excluding hydrogens is 266 g/mol. The Kier molecular flexibility index (Phi) is 4.74. The van der Waals surface area contributed by atoms with E-state index >= 15 is 0 Å². The van der Waals surface area contributed by atoms with Crippen molar-refractivity contribution in [3.05, 3.63) is 38.9 Å². The summed E-state index contributed by atoms with van der Waals surface area (Å²) in [6.45, 7) is 2.51. The van der Waals surface area contributed by atoms with E-state index in [2.05, 4.69) is 10.2 Å². The third-order valence-corrected chi connectivity index (χ3v) is 3.79. The zero-order valence-corrected chi connectivity index (χ0v) is 11.7. The number of likely N-dealkylation sites (tertiary alicyclic amines) is 1. The van der Waals surface area contributed by atoms with Crippen molar-refractivity contribution in [3.8, 4) is 0 Å². The summed E-state index contributed by atoms with van der Waals surface area (Å²) >= 11 is 5.82. The van der Waals surface area contributed by atoms with Crippen LogP contribution in [0.25, 0.3) is 0 Å². The van der Waals surface area contributed by atoms with Crippen LogP contribution in [0.4, 0.5) is 5.69 Å². The van der Waals surface area contributed by atoms with E-state index in [0.29, 0.717) is 17.6 Å². The average molecular weight is 284 g/mol. The number of piperidine rings is 1. The van der Waals surface area contributed by atoms with Crippen LogP contribution in [0.1, 0.15) is 18.4 Å². The molecule has 0 bridgehead atoms. The highest BCUT2D eigenvalue weighted by molar-refractivity contribution is 6.30. The van der Waals surface area contributed by atoms with Gasteiger partial charge in [-0.1, -0.05) is 11.6 Å². The molecule has 5 nitrogen and oxygen atoms in total. The third-order valence-electron chi connectivity index (χ3n) is 3.55. The predicted octanol–water partition coefficient (Wildman–Crippen LogP) is 2.43. The lowest BCUT2D eigenvalue weighted by molar-refractivity contribution is -0.385. The number of rotatable bonds is 4. The largest absolute Gasteiger partial charge is 0.316 e. The second-order valence-corrected chi connectivity index (χ2v) is 5.33. The second-order valence-electron chi connectivity index (χ2n) is 4.89. The minimum absolute atomic E-state index is 0.110. The molecule has 1 aromatic rings. The van der Waals surface area contributed by atoms with Crippen LogP contribution in [0.5, 0.6) is 0 Å². The van der Waals surface area contributed by atoms with Gasteiger partial charge in [-0.3, -0.25) is 15.0 Å². The molecule has 0 aliphatic carbocycles. The minimum Gasteiger partial charge on any atom is -0.316 e. The van der Waals surface area contributed by atoms with E-state index in [1.807, 2.05) is 7.05 Å². The topological polar surface area (TPSA) is 58.4 Å². The summed E-state index contributed by atoms with van der Waals surface area (Å²) < 4.78 is 0. The van der Waals surface area contributed by atoms with Crippen molar-refractivity contribution in [2.45, 2.75) is 25.4 Å². The fourth-order valence-corrected chi connectivity index (χ4v) is 2.68. The maximum atomic E-state index is 11.1. The molecule has 0 amide bonds. The molecule has 1 fully saturated rings. The summed E-state index contributed by atoms with van der Waals surface area (Å²) in [5.41, 5.74) is 0.838. The van der Waals surface area contributed by atoms with Crippen LogP contribution < -0.4 is 5.32 Å². The first-order valence-electron chi connectivity index (χ1n) is 6.42. The highest BCUT2D eigenvalue weighted by Gasteiger charge is 2.22. The summed E-state index contributed by atoms with van der Waals surface area (Å²) in [7, 11) is 1.96. The molecule has 1 aliphatic rings. The van der Waals surface area contributed by atoms with Crippen molar-refractivity contribution >= 4 is 17.3 Å². The van der Waals surface area contributed by atoms with Crippen LogP contribution in [0, 0.1) is 10.1 Å². The van der Waals surface area contributed by atoms with Crippen LogP contribution >= 0.6 is 11.6 Å². The highest BCUT2D eigenvalue weighted by atomic mass is 35.5. The molecule has 0 radical (unpaired) electrons. The Balaban J connectivity index is 2.12. The fourth-order valence-electron chi connectivity index (χ4n) is 2.52. The molecule has 1 aromatic carbocycles. The Hall–Kier alpha value is -1.17. The van der Waals surface area contributed by atoms with Gasteiger partial charge in [0.2, 0.25) is 0 Å². The summed E-state index contributed by atoms with van der Waals surface area (Å²) in [5, 5.41) is 14.7. The van der Waals surface area contributed by atoms with Gasteiger partial charge in [0.25, 0.3) is 5.69 Å². The lowest BCUT2D eigenvalue weighted by atomic mass is 10.0. The van der Waals surface area contributed by atoms with Crippen molar-refractivity contribution in [1.82, 2.24) is 10.2 Å². The normalized spacial score (nSPS) is 20.4. The molecule has 1 atom stereocenters.